The molecule has 0 radical (unpaired) electrons. The van der Waals surface area contributed by atoms with Gasteiger partial charge in [0, 0.05) is 30.4 Å². The number of aromatic nitrogens is 1. The second kappa shape index (κ2) is 8.34. The Hall–Kier alpha value is -2.35. The fourth-order valence-corrected chi connectivity index (χ4v) is 3.58. The summed E-state index contributed by atoms with van der Waals surface area (Å²) in [5.41, 5.74) is 1.08. The highest BCUT2D eigenvalue weighted by molar-refractivity contribution is 6.38. The lowest BCUT2D eigenvalue weighted by molar-refractivity contribution is -0.117. The topological polar surface area (TPSA) is 86.7 Å². The number of carbonyl (C=O) groups is 2. The predicted molar refractivity (Wildman–Crippen MR) is 112 cm³/mol. The molecule has 1 aromatic carbocycles. The van der Waals surface area contributed by atoms with Crippen LogP contribution in [0.4, 0.5) is 11.5 Å². The summed E-state index contributed by atoms with van der Waals surface area (Å²) in [6, 6.07) is 5.55. The maximum Gasteiger partial charge on any atom is 0.253 e. The van der Waals surface area contributed by atoms with Gasteiger partial charge in [0.2, 0.25) is 5.91 Å². The lowest BCUT2D eigenvalue weighted by atomic mass is 10.1. The van der Waals surface area contributed by atoms with Gasteiger partial charge in [-0.2, -0.15) is 5.10 Å². The van der Waals surface area contributed by atoms with Gasteiger partial charge >= 0.3 is 0 Å². The number of nitrogens with one attached hydrogen (secondary N) is 2. The summed E-state index contributed by atoms with van der Waals surface area (Å²) in [6.45, 7) is 1.81. The van der Waals surface area contributed by atoms with Gasteiger partial charge in [-0.15, -0.1) is 0 Å². The lowest BCUT2D eigenvalue weighted by Gasteiger charge is -2.23. The number of halogens is 3. The summed E-state index contributed by atoms with van der Waals surface area (Å²) in [6.07, 6.45) is 1.94. The highest BCUT2D eigenvalue weighted by atomic mass is 35.5. The van der Waals surface area contributed by atoms with Crippen LogP contribution in [-0.4, -0.2) is 35.6 Å². The van der Waals surface area contributed by atoms with Crippen molar-refractivity contribution in [3.63, 3.8) is 0 Å². The van der Waals surface area contributed by atoms with Crippen molar-refractivity contribution in [2.24, 2.45) is 5.10 Å². The van der Waals surface area contributed by atoms with Gasteiger partial charge in [0.15, 0.2) is 5.82 Å². The zero-order valence-corrected chi connectivity index (χ0v) is 17.2. The minimum atomic E-state index is -0.698. The molecule has 1 aromatic heterocycles. The van der Waals surface area contributed by atoms with Crippen molar-refractivity contribution < 1.29 is 9.59 Å². The second-order valence-corrected chi connectivity index (χ2v) is 7.34. The molecule has 3 rings (SSSR count). The number of rotatable bonds is 4. The molecule has 0 bridgehead atoms. The third kappa shape index (κ3) is 4.06. The predicted octanol–water partition coefficient (Wildman–Crippen LogP) is 3.99. The summed E-state index contributed by atoms with van der Waals surface area (Å²) in [5, 5.41) is 11.9. The molecule has 7 nitrogen and oxygen atoms in total. The Bertz CT molecular complexity index is 980. The van der Waals surface area contributed by atoms with E-state index in [1.807, 2.05) is 6.92 Å². The standard InChI is InChI=1S/C18H16Cl3N5O2/c1-9-6-14(26(25-9)16-12(20)4-3-5-23-16)18(28)24-15-11(17(27)22-2)7-10(19)8-13(15)21/h3-5,7-8,14H,6H2,1-2H3,(H,22,27)(H,24,28). The van der Waals surface area contributed by atoms with Crippen LogP contribution in [0, 0.1) is 0 Å². The second-order valence-electron chi connectivity index (χ2n) is 6.09. The van der Waals surface area contributed by atoms with E-state index in [4.69, 9.17) is 34.8 Å². The largest absolute Gasteiger partial charge is 0.355 e. The summed E-state index contributed by atoms with van der Waals surface area (Å²) in [4.78, 5) is 29.4. The molecule has 1 unspecified atom stereocenters. The molecule has 146 valence electrons. The Kier molecular flexibility index (Phi) is 6.07. The molecule has 0 saturated carbocycles. The number of anilines is 2. The quantitative estimate of drug-likeness (QED) is 0.752. The van der Waals surface area contributed by atoms with Crippen LogP contribution in [0.1, 0.15) is 23.7 Å². The first-order chi connectivity index (χ1) is 13.3. The first kappa shape index (κ1) is 20.4. The number of hydrogen-bond acceptors (Lipinski definition) is 5. The van der Waals surface area contributed by atoms with Crippen molar-refractivity contribution in [1.82, 2.24) is 10.3 Å². The van der Waals surface area contributed by atoms with Gasteiger partial charge in [-0.1, -0.05) is 34.8 Å². The average Bonchev–Trinajstić information content (AvgIpc) is 3.05. The van der Waals surface area contributed by atoms with Gasteiger partial charge in [-0.25, -0.2) is 9.99 Å². The van der Waals surface area contributed by atoms with Crippen LogP contribution >= 0.6 is 34.8 Å². The number of amides is 2. The van der Waals surface area contributed by atoms with E-state index >= 15 is 0 Å². The molecule has 28 heavy (non-hydrogen) atoms. The van der Waals surface area contributed by atoms with Gasteiger partial charge < -0.3 is 10.6 Å². The van der Waals surface area contributed by atoms with Crippen LogP contribution in [0.5, 0.6) is 0 Å². The van der Waals surface area contributed by atoms with E-state index in [9.17, 15) is 9.59 Å². The summed E-state index contributed by atoms with van der Waals surface area (Å²) < 4.78 is 0. The number of pyridine rings is 1. The van der Waals surface area contributed by atoms with Gasteiger partial charge in [-0.3, -0.25) is 9.59 Å². The third-order valence-corrected chi connectivity index (χ3v) is 4.91. The first-order valence-corrected chi connectivity index (χ1v) is 9.41. The number of carbonyl (C=O) groups excluding carboxylic acids is 2. The van der Waals surface area contributed by atoms with Crippen molar-refractivity contribution in [3.8, 4) is 0 Å². The van der Waals surface area contributed by atoms with Gasteiger partial charge in [-0.05, 0) is 31.2 Å². The van der Waals surface area contributed by atoms with E-state index in [0.29, 0.717) is 17.3 Å². The van der Waals surface area contributed by atoms with Crippen LogP contribution in [0.25, 0.3) is 0 Å². The molecular weight excluding hydrogens is 425 g/mol. The lowest BCUT2D eigenvalue weighted by Crippen LogP contribution is -2.39. The molecule has 0 spiro atoms. The maximum atomic E-state index is 13.0. The highest BCUT2D eigenvalue weighted by Crippen LogP contribution is 2.33. The van der Waals surface area contributed by atoms with E-state index < -0.39 is 17.9 Å². The minimum absolute atomic E-state index is 0.150. The van der Waals surface area contributed by atoms with Gasteiger partial charge in [0.1, 0.15) is 6.04 Å². The maximum absolute atomic E-state index is 13.0. The fourth-order valence-electron chi connectivity index (χ4n) is 2.83. The Morgan fingerprint density at radius 2 is 1.96 bits per heavy atom. The van der Waals surface area contributed by atoms with Gasteiger partial charge in [0.05, 0.1) is 21.3 Å². The molecule has 2 heterocycles. The van der Waals surface area contributed by atoms with Crippen LogP contribution in [0.2, 0.25) is 15.1 Å². The zero-order chi connectivity index (χ0) is 20.4. The minimum Gasteiger partial charge on any atom is -0.355 e. The van der Waals surface area contributed by atoms with Crippen molar-refractivity contribution in [3.05, 3.63) is 51.1 Å². The highest BCUT2D eigenvalue weighted by Gasteiger charge is 2.34. The number of hydrogen-bond donors (Lipinski definition) is 2. The molecular formula is C18H16Cl3N5O2. The molecule has 0 aliphatic carbocycles. The monoisotopic (exact) mass is 439 g/mol. The fraction of sp³-hybridized carbons (Fsp3) is 0.222. The zero-order valence-electron chi connectivity index (χ0n) is 15.0. The van der Waals surface area contributed by atoms with E-state index in [-0.39, 0.29) is 21.3 Å². The van der Waals surface area contributed by atoms with Crippen LogP contribution in [0.15, 0.2) is 35.6 Å². The smallest absolute Gasteiger partial charge is 0.253 e. The molecule has 0 saturated heterocycles. The SMILES string of the molecule is CNC(=O)c1cc(Cl)cc(Cl)c1NC(=O)C1CC(C)=NN1c1ncccc1Cl. The van der Waals surface area contributed by atoms with Crippen LogP contribution in [-0.2, 0) is 4.79 Å². The molecule has 2 aromatic rings. The average molecular weight is 441 g/mol. The molecule has 2 N–H and O–H groups in total. The van der Waals surface area contributed by atoms with Crippen LogP contribution in [0.3, 0.4) is 0 Å². The Balaban J connectivity index is 1.93. The molecule has 1 aliphatic rings. The van der Waals surface area contributed by atoms with E-state index in [1.165, 1.54) is 24.2 Å². The normalized spacial score (nSPS) is 16.0. The number of nitrogens with zero attached hydrogens (tertiary/aromatic N) is 3. The number of benzene rings is 1. The van der Waals surface area contributed by atoms with Crippen molar-refractivity contribution in [2.75, 3.05) is 17.4 Å². The molecule has 1 aliphatic heterocycles. The molecule has 0 fully saturated rings. The molecule has 2 amide bonds. The van der Waals surface area contributed by atoms with Crippen molar-refractivity contribution in [2.45, 2.75) is 19.4 Å². The van der Waals surface area contributed by atoms with E-state index in [2.05, 4.69) is 20.7 Å². The third-order valence-electron chi connectivity index (χ3n) is 4.10. The summed E-state index contributed by atoms with van der Waals surface area (Å²) >= 11 is 18.5. The Morgan fingerprint density at radius 3 is 2.64 bits per heavy atom. The number of hydrazone groups is 1. The van der Waals surface area contributed by atoms with Crippen LogP contribution < -0.4 is 15.6 Å². The van der Waals surface area contributed by atoms with E-state index in [0.717, 1.165) is 5.71 Å². The molecule has 1 atom stereocenters. The summed E-state index contributed by atoms with van der Waals surface area (Å²) in [7, 11) is 1.47. The van der Waals surface area contributed by atoms with Crippen molar-refractivity contribution >= 4 is 63.8 Å². The van der Waals surface area contributed by atoms with E-state index in [1.54, 1.807) is 18.3 Å². The Morgan fingerprint density at radius 1 is 1.21 bits per heavy atom. The Labute approximate surface area is 176 Å². The first-order valence-electron chi connectivity index (χ1n) is 8.27. The van der Waals surface area contributed by atoms with Gasteiger partial charge in [0.25, 0.3) is 5.91 Å². The summed E-state index contributed by atoms with van der Waals surface area (Å²) in [5.74, 6) is -0.463. The van der Waals surface area contributed by atoms with Crippen molar-refractivity contribution in [1.29, 1.82) is 0 Å². The molecule has 10 heteroatoms.